The van der Waals surface area contributed by atoms with Gasteiger partial charge in [-0.1, -0.05) is 41.4 Å². The van der Waals surface area contributed by atoms with Gasteiger partial charge in [0, 0.05) is 40.9 Å². The third kappa shape index (κ3) is 4.47. The molecule has 1 N–H and O–H groups in total. The molecule has 2 aromatic heterocycles. The van der Waals surface area contributed by atoms with E-state index in [-0.39, 0.29) is 26.5 Å². The molecule has 1 saturated heterocycles. The molecule has 0 unspecified atom stereocenters. The molecule has 6 rings (SSSR count). The summed E-state index contributed by atoms with van der Waals surface area (Å²) in [6.45, 7) is 2.49. The van der Waals surface area contributed by atoms with Gasteiger partial charge in [0.05, 0.1) is 27.0 Å². The first-order valence-electron chi connectivity index (χ1n) is 12.5. The van der Waals surface area contributed by atoms with Crippen LogP contribution in [0.3, 0.4) is 0 Å². The number of carbonyl (C=O) groups is 1. The summed E-state index contributed by atoms with van der Waals surface area (Å²) in [5.41, 5.74) is 3.35. The molecular weight excluding hydrogens is 585 g/mol. The van der Waals surface area contributed by atoms with E-state index < -0.39 is 27.7 Å². The number of aromatic nitrogens is 1. The number of aryl methyl sites for hydroxylation is 1. The van der Waals surface area contributed by atoms with E-state index in [1.165, 1.54) is 39.6 Å². The SMILES string of the molecule is Cc1ccc(S(=O)(=O)n2c(-c3cccc(N4CC(C(=O)O)C4)c3)c(-c3ccsc3C#N)c3cc(F)c(Cl)cc32)cc1. The van der Waals surface area contributed by atoms with E-state index in [2.05, 4.69) is 6.07 Å². The number of rotatable bonds is 6. The number of thiophene rings is 1. The van der Waals surface area contributed by atoms with E-state index >= 15 is 0 Å². The molecule has 11 heteroatoms. The van der Waals surface area contributed by atoms with Gasteiger partial charge in [-0.2, -0.15) is 5.26 Å². The third-order valence-corrected chi connectivity index (χ3v) is 10.1. The van der Waals surface area contributed by atoms with Gasteiger partial charge in [0.25, 0.3) is 10.0 Å². The van der Waals surface area contributed by atoms with E-state index in [0.29, 0.717) is 40.3 Å². The van der Waals surface area contributed by atoms with Crippen molar-refractivity contribution in [3.05, 3.63) is 93.4 Å². The fraction of sp³-hybridized carbons (Fsp3) is 0.133. The second kappa shape index (κ2) is 10.0. The molecule has 0 saturated carbocycles. The fourth-order valence-electron chi connectivity index (χ4n) is 5.14. The zero-order chi connectivity index (χ0) is 29.1. The highest BCUT2D eigenvalue weighted by molar-refractivity contribution is 7.90. The van der Waals surface area contributed by atoms with Gasteiger partial charge in [-0.05, 0) is 54.8 Å². The van der Waals surface area contributed by atoms with Crippen molar-refractivity contribution in [3.8, 4) is 28.5 Å². The zero-order valence-electron chi connectivity index (χ0n) is 21.5. The second-order valence-corrected chi connectivity index (χ2v) is 13.0. The van der Waals surface area contributed by atoms with E-state index in [4.69, 9.17) is 11.6 Å². The number of aliphatic carboxylic acids is 1. The summed E-state index contributed by atoms with van der Waals surface area (Å²) in [6.07, 6.45) is 0. The van der Waals surface area contributed by atoms with Crippen LogP contribution >= 0.6 is 22.9 Å². The molecule has 1 fully saturated rings. The number of carboxylic acid groups (broad SMARTS) is 1. The molecule has 206 valence electrons. The van der Waals surface area contributed by atoms with Gasteiger partial charge >= 0.3 is 5.97 Å². The first kappa shape index (κ1) is 27.0. The van der Waals surface area contributed by atoms with Gasteiger partial charge in [-0.3, -0.25) is 4.79 Å². The first-order chi connectivity index (χ1) is 19.6. The Morgan fingerprint density at radius 3 is 2.54 bits per heavy atom. The second-order valence-electron chi connectivity index (χ2n) is 9.86. The maximum atomic E-state index is 15.0. The first-order valence-corrected chi connectivity index (χ1v) is 15.2. The van der Waals surface area contributed by atoms with Crippen molar-refractivity contribution in [2.24, 2.45) is 5.92 Å². The standard InChI is InChI=1S/C30H21ClFN3O4S2/c1-17-5-7-21(8-6-17)41(38,39)35-26-13-24(31)25(32)12-23(26)28(22-9-10-40-27(22)14-33)29(35)18-3-2-4-20(11-18)34-15-19(16-34)30(36)37/h2-13,19H,15-16H2,1H3,(H,36,37). The number of hydrogen-bond donors (Lipinski definition) is 1. The molecule has 7 nitrogen and oxygen atoms in total. The van der Waals surface area contributed by atoms with E-state index in [1.54, 1.807) is 41.8 Å². The van der Waals surface area contributed by atoms with Crippen molar-refractivity contribution < 1.29 is 22.7 Å². The molecule has 0 aliphatic carbocycles. The average molecular weight is 606 g/mol. The van der Waals surface area contributed by atoms with Gasteiger partial charge in [0.15, 0.2) is 0 Å². The fourth-order valence-corrected chi connectivity index (χ4v) is 7.53. The highest BCUT2D eigenvalue weighted by atomic mass is 35.5. The summed E-state index contributed by atoms with van der Waals surface area (Å²) in [5, 5.41) is 21.0. The van der Waals surface area contributed by atoms with Crippen LogP contribution in [0.1, 0.15) is 10.4 Å². The number of benzene rings is 3. The molecule has 3 aromatic carbocycles. The molecule has 0 amide bonds. The van der Waals surface area contributed by atoms with Crippen LogP contribution in [-0.2, 0) is 14.8 Å². The lowest BCUT2D eigenvalue weighted by Gasteiger charge is -2.38. The van der Waals surface area contributed by atoms with Gasteiger partial charge in [-0.15, -0.1) is 11.3 Å². The van der Waals surface area contributed by atoms with Crippen molar-refractivity contribution in [1.29, 1.82) is 5.26 Å². The van der Waals surface area contributed by atoms with Gasteiger partial charge in [0.1, 0.15) is 16.8 Å². The molecule has 5 aromatic rings. The summed E-state index contributed by atoms with van der Waals surface area (Å²) in [5.74, 6) is -2.08. The average Bonchev–Trinajstić information content (AvgIpc) is 3.50. The number of fused-ring (bicyclic) bond motifs is 1. The van der Waals surface area contributed by atoms with Crippen molar-refractivity contribution in [2.75, 3.05) is 18.0 Å². The Kier molecular flexibility index (Phi) is 6.61. The predicted molar refractivity (Wildman–Crippen MR) is 157 cm³/mol. The highest BCUT2D eigenvalue weighted by Crippen LogP contribution is 2.46. The van der Waals surface area contributed by atoms with Crippen LogP contribution in [0.25, 0.3) is 33.3 Å². The van der Waals surface area contributed by atoms with Gasteiger partial charge < -0.3 is 10.0 Å². The lowest BCUT2D eigenvalue weighted by atomic mass is 9.96. The minimum atomic E-state index is -4.26. The Labute approximate surface area is 244 Å². The van der Waals surface area contributed by atoms with E-state index in [0.717, 1.165) is 5.56 Å². The van der Waals surface area contributed by atoms with Crippen LogP contribution in [0.5, 0.6) is 0 Å². The van der Waals surface area contributed by atoms with E-state index in [1.807, 2.05) is 17.9 Å². The maximum Gasteiger partial charge on any atom is 0.310 e. The molecular formula is C30H21ClFN3O4S2. The summed E-state index contributed by atoms with van der Waals surface area (Å²) in [6, 6.07) is 19.9. The van der Waals surface area contributed by atoms with Crippen LogP contribution < -0.4 is 4.90 Å². The lowest BCUT2D eigenvalue weighted by molar-refractivity contribution is -0.142. The number of carboxylic acids is 1. The monoisotopic (exact) mass is 605 g/mol. The van der Waals surface area contributed by atoms with Gasteiger partial charge in [0.2, 0.25) is 0 Å². The van der Waals surface area contributed by atoms with Crippen LogP contribution in [0.4, 0.5) is 10.1 Å². The summed E-state index contributed by atoms with van der Waals surface area (Å²) in [7, 11) is -4.26. The number of halogens is 2. The number of nitriles is 1. The van der Waals surface area contributed by atoms with Gasteiger partial charge in [-0.25, -0.2) is 16.8 Å². The summed E-state index contributed by atoms with van der Waals surface area (Å²) in [4.78, 5) is 13.7. The number of hydrogen-bond acceptors (Lipinski definition) is 6. The minimum Gasteiger partial charge on any atom is -0.481 e. The minimum absolute atomic E-state index is 0.0299. The third-order valence-electron chi connectivity index (χ3n) is 7.28. The number of anilines is 1. The normalized spacial score (nSPS) is 13.8. The maximum absolute atomic E-state index is 15.0. The Morgan fingerprint density at radius 1 is 1.12 bits per heavy atom. The van der Waals surface area contributed by atoms with Crippen molar-refractivity contribution in [1.82, 2.24) is 3.97 Å². The molecule has 1 aliphatic heterocycles. The summed E-state index contributed by atoms with van der Waals surface area (Å²) < 4.78 is 44.9. The predicted octanol–water partition coefficient (Wildman–Crippen LogP) is 6.77. The molecule has 3 heterocycles. The Balaban J connectivity index is 1.70. The van der Waals surface area contributed by atoms with Crippen LogP contribution in [0.15, 0.2) is 77.0 Å². The lowest BCUT2D eigenvalue weighted by Crippen LogP contribution is -2.50. The van der Waals surface area contributed by atoms with Crippen LogP contribution in [0.2, 0.25) is 5.02 Å². The molecule has 0 spiro atoms. The number of nitrogens with zero attached hydrogens (tertiary/aromatic N) is 3. The van der Waals surface area contributed by atoms with Crippen LogP contribution in [-0.4, -0.2) is 36.6 Å². The quantitative estimate of drug-likeness (QED) is 0.229. The molecule has 0 atom stereocenters. The Hall–Kier alpha value is -4.17. The summed E-state index contributed by atoms with van der Waals surface area (Å²) >= 11 is 7.41. The Bertz CT molecular complexity index is 2000. The van der Waals surface area contributed by atoms with Crippen molar-refractivity contribution in [2.45, 2.75) is 11.8 Å². The molecule has 41 heavy (non-hydrogen) atoms. The van der Waals surface area contributed by atoms with Crippen LogP contribution in [0, 0.1) is 30.0 Å². The topological polar surface area (TPSA) is 103 Å². The van der Waals surface area contributed by atoms with E-state index in [9.17, 15) is 28.0 Å². The van der Waals surface area contributed by atoms with Crippen molar-refractivity contribution in [3.63, 3.8) is 0 Å². The Morgan fingerprint density at radius 2 is 1.85 bits per heavy atom. The molecule has 0 radical (unpaired) electrons. The largest absolute Gasteiger partial charge is 0.481 e. The molecule has 1 aliphatic rings. The van der Waals surface area contributed by atoms with Crippen molar-refractivity contribution >= 4 is 55.5 Å². The zero-order valence-corrected chi connectivity index (χ0v) is 23.9. The molecule has 0 bridgehead atoms. The smallest absolute Gasteiger partial charge is 0.310 e. The highest BCUT2D eigenvalue weighted by Gasteiger charge is 2.34.